The van der Waals surface area contributed by atoms with Gasteiger partial charge in [0.1, 0.15) is 0 Å². The van der Waals surface area contributed by atoms with Crippen molar-refractivity contribution in [1.82, 2.24) is 0 Å². The van der Waals surface area contributed by atoms with E-state index in [0.717, 1.165) is 6.42 Å². The van der Waals surface area contributed by atoms with Gasteiger partial charge in [0.15, 0.2) is 0 Å². The largest absolute Gasteiger partial charge is 0.327 e. The van der Waals surface area contributed by atoms with Gasteiger partial charge < -0.3 is 5.73 Å². The van der Waals surface area contributed by atoms with Crippen molar-refractivity contribution in [2.75, 3.05) is 0 Å². The molecule has 0 spiro atoms. The summed E-state index contributed by atoms with van der Waals surface area (Å²) in [4.78, 5) is 0. The number of nitrogens with zero attached hydrogens (tertiary/aromatic N) is 1. The van der Waals surface area contributed by atoms with Gasteiger partial charge in [-0.2, -0.15) is 5.26 Å². The Balaban J connectivity index is 0. The van der Waals surface area contributed by atoms with Crippen LogP contribution in [0.2, 0.25) is 0 Å². The Labute approximate surface area is 57.7 Å². The van der Waals surface area contributed by atoms with E-state index in [1.165, 1.54) is 0 Å². The van der Waals surface area contributed by atoms with Crippen LogP contribution in [0.25, 0.3) is 0 Å². The fourth-order valence-electron chi connectivity index (χ4n) is 0.262. The highest BCUT2D eigenvalue weighted by atomic mass is 14.6. The van der Waals surface area contributed by atoms with E-state index in [1.807, 2.05) is 26.8 Å². The van der Waals surface area contributed by atoms with E-state index in [4.69, 9.17) is 11.0 Å². The lowest BCUT2D eigenvalue weighted by atomic mass is 10.2. The van der Waals surface area contributed by atoms with E-state index in [1.54, 1.807) is 0 Å². The van der Waals surface area contributed by atoms with Crippen molar-refractivity contribution in [3.8, 4) is 6.07 Å². The van der Waals surface area contributed by atoms with E-state index >= 15 is 0 Å². The first kappa shape index (κ1) is 11.3. The van der Waals surface area contributed by atoms with Crippen LogP contribution in [0.5, 0.6) is 0 Å². The highest BCUT2D eigenvalue weighted by molar-refractivity contribution is 4.76. The molecule has 0 radical (unpaired) electrons. The van der Waals surface area contributed by atoms with E-state index < -0.39 is 0 Å². The molecule has 0 saturated heterocycles. The normalized spacial score (nSPS) is 10.6. The Bertz CT molecular complexity index is 73.5. The van der Waals surface area contributed by atoms with Crippen LogP contribution >= 0.6 is 0 Å². The topological polar surface area (TPSA) is 49.8 Å². The molecular formula is C7H16N2. The Kier molecular flexibility index (Phi) is 13.1. The first-order valence-electron chi connectivity index (χ1n) is 3.43. The maximum atomic E-state index is 8.04. The molecule has 0 aromatic heterocycles. The zero-order valence-corrected chi connectivity index (χ0v) is 6.52. The highest BCUT2D eigenvalue weighted by Gasteiger charge is 1.93. The maximum absolute atomic E-state index is 8.04. The van der Waals surface area contributed by atoms with Crippen molar-refractivity contribution in [1.29, 1.82) is 5.26 Å². The molecule has 0 rings (SSSR count). The summed E-state index contributed by atoms with van der Waals surface area (Å²) in [6, 6.07) is 2.08. The van der Waals surface area contributed by atoms with Crippen molar-refractivity contribution >= 4 is 0 Å². The van der Waals surface area contributed by atoms with Gasteiger partial charge in [-0.05, 0) is 6.42 Å². The monoisotopic (exact) mass is 128 g/mol. The molecule has 0 aliphatic carbocycles. The quantitative estimate of drug-likeness (QED) is 0.615. The van der Waals surface area contributed by atoms with Crippen molar-refractivity contribution < 1.29 is 0 Å². The predicted molar refractivity (Wildman–Crippen MR) is 39.8 cm³/mol. The summed E-state index contributed by atoms with van der Waals surface area (Å²) in [6.45, 7) is 5.97. The summed E-state index contributed by atoms with van der Waals surface area (Å²) < 4.78 is 0. The van der Waals surface area contributed by atoms with Gasteiger partial charge in [0.25, 0.3) is 0 Å². The molecule has 9 heavy (non-hydrogen) atoms. The standard InChI is InChI=1S/C5H10N2.C2H6/c1-2-5(7)3-4-6;1-2/h5H,2-3,7H2,1H3;1-2H3/t5-;/m1./s1. The lowest BCUT2D eigenvalue weighted by Gasteiger charge is -1.97. The van der Waals surface area contributed by atoms with Crippen LogP contribution in [0.3, 0.4) is 0 Å². The lowest BCUT2D eigenvalue weighted by Crippen LogP contribution is -2.16. The number of hydrogen-bond donors (Lipinski definition) is 1. The third-order valence-corrected chi connectivity index (χ3v) is 0.878. The van der Waals surface area contributed by atoms with Gasteiger partial charge in [-0.15, -0.1) is 0 Å². The third kappa shape index (κ3) is 11.2. The van der Waals surface area contributed by atoms with Gasteiger partial charge in [-0.1, -0.05) is 20.8 Å². The molecule has 0 bridgehead atoms. The third-order valence-electron chi connectivity index (χ3n) is 0.878. The molecule has 0 aliphatic heterocycles. The molecule has 0 aromatic rings. The summed E-state index contributed by atoms with van der Waals surface area (Å²) in [5, 5.41) is 8.04. The summed E-state index contributed by atoms with van der Waals surface area (Å²) in [5.74, 6) is 0. The molecule has 0 fully saturated rings. The second-order valence-electron chi connectivity index (χ2n) is 1.53. The first-order chi connectivity index (χ1) is 4.31. The van der Waals surface area contributed by atoms with E-state index in [-0.39, 0.29) is 6.04 Å². The maximum Gasteiger partial charge on any atom is 0.0638 e. The highest BCUT2D eigenvalue weighted by Crippen LogP contribution is 1.88. The molecule has 2 heteroatoms. The second-order valence-corrected chi connectivity index (χ2v) is 1.53. The zero-order valence-electron chi connectivity index (χ0n) is 6.52. The molecule has 0 aromatic carbocycles. The Morgan fingerprint density at radius 3 is 2.11 bits per heavy atom. The van der Waals surface area contributed by atoms with Crippen molar-refractivity contribution in [3.05, 3.63) is 0 Å². The van der Waals surface area contributed by atoms with Gasteiger partial charge in [-0.25, -0.2) is 0 Å². The predicted octanol–water partition coefficient (Wildman–Crippen LogP) is 1.66. The van der Waals surface area contributed by atoms with Crippen LogP contribution in [0.4, 0.5) is 0 Å². The molecule has 0 aliphatic rings. The summed E-state index contributed by atoms with van der Waals surface area (Å²) in [6.07, 6.45) is 1.38. The fraction of sp³-hybridized carbons (Fsp3) is 0.857. The first-order valence-corrected chi connectivity index (χ1v) is 3.43. The molecule has 0 heterocycles. The minimum Gasteiger partial charge on any atom is -0.327 e. The van der Waals surface area contributed by atoms with Crippen LogP contribution in [0, 0.1) is 11.3 Å². The molecule has 2 N–H and O–H groups in total. The molecule has 0 amide bonds. The average molecular weight is 128 g/mol. The fourth-order valence-corrected chi connectivity index (χ4v) is 0.262. The van der Waals surface area contributed by atoms with Crippen molar-refractivity contribution in [2.24, 2.45) is 5.73 Å². The van der Waals surface area contributed by atoms with Gasteiger partial charge in [0, 0.05) is 6.04 Å². The van der Waals surface area contributed by atoms with Gasteiger partial charge >= 0.3 is 0 Å². The van der Waals surface area contributed by atoms with E-state index in [2.05, 4.69) is 0 Å². The minimum absolute atomic E-state index is 0.0880. The van der Waals surface area contributed by atoms with Gasteiger partial charge in [0.05, 0.1) is 12.5 Å². The van der Waals surface area contributed by atoms with Crippen molar-refractivity contribution in [3.63, 3.8) is 0 Å². The molecule has 1 atom stereocenters. The second kappa shape index (κ2) is 10.4. The average Bonchev–Trinajstić information content (AvgIpc) is 1.93. The number of nitriles is 1. The van der Waals surface area contributed by atoms with Crippen LogP contribution in [0.1, 0.15) is 33.6 Å². The molecular weight excluding hydrogens is 112 g/mol. The van der Waals surface area contributed by atoms with Crippen LogP contribution < -0.4 is 5.73 Å². The molecule has 54 valence electrons. The van der Waals surface area contributed by atoms with Gasteiger partial charge in [-0.3, -0.25) is 0 Å². The molecule has 0 saturated carbocycles. The SMILES string of the molecule is CC.CC[C@@H](N)CC#N. The van der Waals surface area contributed by atoms with Crippen molar-refractivity contribution in [2.45, 2.75) is 39.7 Å². The van der Waals surface area contributed by atoms with Crippen LogP contribution in [0.15, 0.2) is 0 Å². The molecule has 0 unspecified atom stereocenters. The van der Waals surface area contributed by atoms with E-state index in [9.17, 15) is 0 Å². The zero-order chi connectivity index (χ0) is 7.70. The van der Waals surface area contributed by atoms with Gasteiger partial charge in [0.2, 0.25) is 0 Å². The minimum atomic E-state index is 0.0880. The summed E-state index contributed by atoms with van der Waals surface area (Å²) >= 11 is 0. The number of rotatable bonds is 2. The Morgan fingerprint density at radius 2 is 2.00 bits per heavy atom. The number of nitrogens with two attached hydrogens (primary N) is 1. The summed E-state index contributed by atoms with van der Waals surface area (Å²) in [7, 11) is 0. The smallest absolute Gasteiger partial charge is 0.0638 e. The Hall–Kier alpha value is -0.550. The Morgan fingerprint density at radius 1 is 1.56 bits per heavy atom. The number of hydrogen-bond acceptors (Lipinski definition) is 2. The van der Waals surface area contributed by atoms with Crippen LogP contribution in [-0.4, -0.2) is 6.04 Å². The van der Waals surface area contributed by atoms with Crippen LogP contribution in [-0.2, 0) is 0 Å². The molecule has 2 nitrogen and oxygen atoms in total. The van der Waals surface area contributed by atoms with E-state index in [0.29, 0.717) is 6.42 Å². The summed E-state index contributed by atoms with van der Waals surface area (Å²) in [5.41, 5.74) is 5.36. The lowest BCUT2D eigenvalue weighted by molar-refractivity contribution is 0.665.